The zero-order valence-electron chi connectivity index (χ0n) is 12.6. The molecule has 2 aromatic heterocycles. The fourth-order valence-electron chi connectivity index (χ4n) is 3.17. The smallest absolute Gasteiger partial charge is 0.254 e. The largest absolute Gasteiger partial charge is 0.496 e. The Labute approximate surface area is 128 Å². The van der Waals surface area contributed by atoms with Crippen LogP contribution in [0.5, 0.6) is 5.75 Å². The molecule has 6 nitrogen and oxygen atoms in total. The highest BCUT2D eigenvalue weighted by molar-refractivity contribution is 5.51. The van der Waals surface area contributed by atoms with Crippen LogP contribution in [0.1, 0.15) is 29.3 Å². The molecule has 1 aromatic carbocycles. The van der Waals surface area contributed by atoms with Gasteiger partial charge >= 0.3 is 0 Å². The van der Waals surface area contributed by atoms with Crippen LogP contribution in [-0.2, 0) is 6.42 Å². The zero-order chi connectivity index (χ0) is 15.1. The number of hydrogen-bond acceptors (Lipinski definition) is 5. The molecule has 22 heavy (non-hydrogen) atoms. The van der Waals surface area contributed by atoms with Crippen molar-refractivity contribution in [2.45, 2.75) is 25.8 Å². The highest BCUT2D eigenvalue weighted by Crippen LogP contribution is 2.38. The lowest BCUT2D eigenvalue weighted by Gasteiger charge is -2.17. The lowest BCUT2D eigenvalue weighted by Crippen LogP contribution is -2.12. The van der Waals surface area contributed by atoms with Gasteiger partial charge in [0.25, 0.3) is 5.78 Å². The number of aromatic nitrogens is 4. The molecule has 2 heterocycles. The van der Waals surface area contributed by atoms with E-state index in [4.69, 9.17) is 4.74 Å². The first kappa shape index (κ1) is 13.1. The maximum atomic E-state index is 5.47. The molecule has 112 valence electrons. The summed E-state index contributed by atoms with van der Waals surface area (Å²) in [5.74, 6) is 2.51. The molecule has 0 fully saturated rings. The van der Waals surface area contributed by atoms with Crippen LogP contribution in [0.3, 0.4) is 0 Å². The Hall–Kier alpha value is -2.63. The molecule has 0 radical (unpaired) electrons. The summed E-state index contributed by atoms with van der Waals surface area (Å²) in [6.45, 7) is 1.96. The molecule has 6 heteroatoms. The molecule has 0 aliphatic heterocycles. The molecule has 4 rings (SSSR count). The number of aryl methyl sites for hydroxylation is 1. The Balaban J connectivity index is 1.72. The molecule has 1 aliphatic carbocycles. The lowest BCUT2D eigenvalue weighted by atomic mass is 10.1. The van der Waals surface area contributed by atoms with Gasteiger partial charge in [0.1, 0.15) is 17.9 Å². The van der Waals surface area contributed by atoms with Crippen molar-refractivity contribution in [2.24, 2.45) is 0 Å². The normalized spacial score (nSPS) is 16.7. The van der Waals surface area contributed by atoms with Crippen molar-refractivity contribution >= 4 is 11.6 Å². The molecular formula is C16H17N5O. The fourth-order valence-corrected chi connectivity index (χ4v) is 3.17. The number of benzene rings is 1. The van der Waals surface area contributed by atoms with E-state index in [0.29, 0.717) is 5.78 Å². The molecular weight excluding hydrogens is 278 g/mol. The molecule has 0 bridgehead atoms. The summed E-state index contributed by atoms with van der Waals surface area (Å²) in [7, 11) is 1.72. The number of anilines is 1. The Morgan fingerprint density at radius 2 is 2.27 bits per heavy atom. The standard InChI is InChI=1S/C16H17N5O/c1-10-8-15(21-16(19-10)17-9-18-21)20-13-7-6-12-11(13)4-3-5-14(12)22-2/h3-5,8-9,13,20H,6-7H2,1-2H3. The van der Waals surface area contributed by atoms with Crippen LogP contribution in [0.4, 0.5) is 5.82 Å². The van der Waals surface area contributed by atoms with Crippen molar-refractivity contribution in [1.82, 2.24) is 19.6 Å². The maximum Gasteiger partial charge on any atom is 0.254 e. The van der Waals surface area contributed by atoms with Crippen molar-refractivity contribution in [3.05, 3.63) is 47.4 Å². The van der Waals surface area contributed by atoms with Crippen LogP contribution >= 0.6 is 0 Å². The summed E-state index contributed by atoms with van der Waals surface area (Å²) in [4.78, 5) is 8.54. The molecule has 1 atom stereocenters. The quantitative estimate of drug-likeness (QED) is 0.804. The number of fused-ring (bicyclic) bond motifs is 2. The van der Waals surface area contributed by atoms with Crippen molar-refractivity contribution in [1.29, 1.82) is 0 Å². The van der Waals surface area contributed by atoms with Gasteiger partial charge in [-0.1, -0.05) is 12.1 Å². The number of ether oxygens (including phenoxy) is 1. The van der Waals surface area contributed by atoms with Crippen LogP contribution in [0, 0.1) is 6.92 Å². The van der Waals surface area contributed by atoms with Gasteiger partial charge in [0.05, 0.1) is 13.2 Å². The van der Waals surface area contributed by atoms with E-state index in [1.807, 2.05) is 25.1 Å². The van der Waals surface area contributed by atoms with E-state index in [1.165, 1.54) is 17.5 Å². The van der Waals surface area contributed by atoms with E-state index >= 15 is 0 Å². The second-order valence-corrected chi connectivity index (χ2v) is 5.52. The third kappa shape index (κ3) is 1.99. The highest BCUT2D eigenvalue weighted by Gasteiger charge is 2.25. The van der Waals surface area contributed by atoms with Crippen LogP contribution in [-0.4, -0.2) is 26.7 Å². The van der Waals surface area contributed by atoms with Gasteiger partial charge in [-0.3, -0.25) is 0 Å². The summed E-state index contributed by atoms with van der Waals surface area (Å²) >= 11 is 0. The summed E-state index contributed by atoms with van der Waals surface area (Å²) in [6, 6.07) is 8.47. The average Bonchev–Trinajstić information content (AvgIpc) is 3.14. The van der Waals surface area contributed by atoms with Crippen LogP contribution in [0.2, 0.25) is 0 Å². The number of methoxy groups -OCH3 is 1. The zero-order valence-corrected chi connectivity index (χ0v) is 12.6. The molecule has 1 aliphatic rings. The fraction of sp³-hybridized carbons (Fsp3) is 0.312. The van der Waals surface area contributed by atoms with Gasteiger partial charge in [0.2, 0.25) is 0 Å². The van der Waals surface area contributed by atoms with Crippen LogP contribution < -0.4 is 10.1 Å². The van der Waals surface area contributed by atoms with Gasteiger partial charge in [0.15, 0.2) is 0 Å². The van der Waals surface area contributed by atoms with Crippen LogP contribution in [0.15, 0.2) is 30.6 Å². The molecule has 1 N–H and O–H groups in total. The van der Waals surface area contributed by atoms with Gasteiger partial charge in [-0.05, 0) is 37.0 Å². The first-order valence-electron chi connectivity index (χ1n) is 7.36. The van der Waals surface area contributed by atoms with E-state index in [-0.39, 0.29) is 6.04 Å². The molecule has 0 saturated carbocycles. The second kappa shape index (κ2) is 4.98. The summed E-state index contributed by atoms with van der Waals surface area (Å²) in [6.07, 6.45) is 3.58. The van der Waals surface area contributed by atoms with Gasteiger partial charge in [0, 0.05) is 11.8 Å². The molecule has 0 amide bonds. The summed E-state index contributed by atoms with van der Waals surface area (Å²) in [5, 5.41) is 7.83. The minimum atomic E-state index is 0.249. The summed E-state index contributed by atoms with van der Waals surface area (Å²) in [5.41, 5.74) is 3.51. The molecule has 3 aromatic rings. The number of hydrogen-bond donors (Lipinski definition) is 1. The first-order chi connectivity index (χ1) is 10.8. The molecule has 0 saturated heterocycles. The first-order valence-corrected chi connectivity index (χ1v) is 7.36. The van der Waals surface area contributed by atoms with E-state index in [0.717, 1.165) is 30.1 Å². The van der Waals surface area contributed by atoms with Gasteiger partial charge in [-0.25, -0.2) is 4.98 Å². The van der Waals surface area contributed by atoms with Crippen molar-refractivity contribution in [3.63, 3.8) is 0 Å². The van der Waals surface area contributed by atoms with Crippen LogP contribution in [0.25, 0.3) is 5.78 Å². The lowest BCUT2D eigenvalue weighted by molar-refractivity contribution is 0.410. The average molecular weight is 295 g/mol. The minimum Gasteiger partial charge on any atom is -0.496 e. The van der Waals surface area contributed by atoms with Crippen molar-refractivity contribution < 1.29 is 4.74 Å². The number of rotatable bonds is 3. The highest BCUT2D eigenvalue weighted by atomic mass is 16.5. The van der Waals surface area contributed by atoms with E-state index in [1.54, 1.807) is 11.6 Å². The molecule has 0 spiro atoms. The monoisotopic (exact) mass is 295 g/mol. The van der Waals surface area contributed by atoms with Gasteiger partial charge in [-0.2, -0.15) is 14.6 Å². The van der Waals surface area contributed by atoms with Gasteiger partial charge < -0.3 is 10.1 Å². The number of nitrogens with zero attached hydrogens (tertiary/aromatic N) is 4. The van der Waals surface area contributed by atoms with E-state index < -0.39 is 0 Å². The van der Waals surface area contributed by atoms with Crippen molar-refractivity contribution in [3.8, 4) is 5.75 Å². The summed E-state index contributed by atoms with van der Waals surface area (Å²) < 4.78 is 7.21. The minimum absolute atomic E-state index is 0.249. The van der Waals surface area contributed by atoms with E-state index in [2.05, 4.69) is 26.4 Å². The maximum absolute atomic E-state index is 5.47. The Bertz CT molecular complexity index is 842. The van der Waals surface area contributed by atoms with Crippen molar-refractivity contribution in [2.75, 3.05) is 12.4 Å². The molecule has 1 unspecified atom stereocenters. The third-order valence-corrected chi connectivity index (χ3v) is 4.15. The Kier molecular flexibility index (Phi) is 2.96. The number of nitrogens with one attached hydrogen (secondary N) is 1. The second-order valence-electron chi connectivity index (χ2n) is 5.52. The third-order valence-electron chi connectivity index (χ3n) is 4.15. The van der Waals surface area contributed by atoms with E-state index in [9.17, 15) is 0 Å². The topological polar surface area (TPSA) is 64.3 Å². The Morgan fingerprint density at radius 3 is 3.14 bits per heavy atom. The SMILES string of the molecule is COc1cccc2c1CCC2Nc1cc(C)nc2ncnn12. The predicted molar refractivity (Wildman–Crippen MR) is 83.2 cm³/mol. The van der Waals surface area contributed by atoms with Gasteiger partial charge in [-0.15, -0.1) is 0 Å². The Morgan fingerprint density at radius 1 is 1.36 bits per heavy atom. The predicted octanol–water partition coefficient (Wildman–Crippen LogP) is 2.54.